The summed E-state index contributed by atoms with van der Waals surface area (Å²) in [5.41, 5.74) is 2.31. The first kappa shape index (κ1) is 20.8. The minimum absolute atomic E-state index is 0.231. The number of esters is 1. The van der Waals surface area contributed by atoms with E-state index >= 15 is 0 Å². The number of methoxy groups -OCH3 is 1. The van der Waals surface area contributed by atoms with Crippen molar-refractivity contribution in [2.75, 3.05) is 19.5 Å². The van der Waals surface area contributed by atoms with E-state index in [0.29, 0.717) is 33.6 Å². The first-order valence-corrected chi connectivity index (χ1v) is 10.5. The largest absolute Gasteiger partial charge is 0.497 e. The van der Waals surface area contributed by atoms with Gasteiger partial charge in [0.1, 0.15) is 11.6 Å². The summed E-state index contributed by atoms with van der Waals surface area (Å²) in [6, 6.07) is 13.3. The van der Waals surface area contributed by atoms with E-state index in [1.54, 1.807) is 36.9 Å². The highest BCUT2D eigenvalue weighted by Gasteiger charge is 2.25. The average molecular weight is 438 g/mol. The van der Waals surface area contributed by atoms with Gasteiger partial charge < -0.3 is 9.47 Å². The average Bonchev–Trinajstić information content (AvgIpc) is 3.22. The number of aromatic nitrogens is 3. The fraction of sp³-hybridized carbons (Fsp3) is 0.182. The van der Waals surface area contributed by atoms with Crippen LogP contribution in [0.5, 0.6) is 5.75 Å². The number of thioether (sulfide) groups is 1. The van der Waals surface area contributed by atoms with Crippen LogP contribution in [0.4, 0.5) is 4.39 Å². The first-order valence-electron chi connectivity index (χ1n) is 9.54. The second-order valence-corrected chi connectivity index (χ2v) is 7.45. The molecule has 7 nitrogen and oxygen atoms in total. The van der Waals surface area contributed by atoms with Gasteiger partial charge in [0.15, 0.2) is 5.82 Å². The van der Waals surface area contributed by atoms with Crippen LogP contribution in [0.25, 0.3) is 17.5 Å². The minimum Gasteiger partial charge on any atom is -0.497 e. The van der Waals surface area contributed by atoms with Gasteiger partial charge in [-0.25, -0.2) is 9.18 Å². The minimum atomic E-state index is -0.492. The summed E-state index contributed by atoms with van der Waals surface area (Å²) in [6.45, 7) is 1.97. The normalized spacial score (nSPS) is 13.4. The molecule has 31 heavy (non-hydrogen) atoms. The molecule has 0 radical (unpaired) electrons. The second kappa shape index (κ2) is 9.13. The number of carbonyl (C=O) groups is 1. The lowest BCUT2D eigenvalue weighted by Crippen LogP contribution is -2.21. The Morgan fingerprint density at radius 3 is 2.58 bits per heavy atom. The van der Waals surface area contributed by atoms with Crippen molar-refractivity contribution in [2.24, 2.45) is 5.10 Å². The van der Waals surface area contributed by atoms with Crippen LogP contribution in [0.3, 0.4) is 0 Å². The number of benzene rings is 2. The van der Waals surface area contributed by atoms with Crippen molar-refractivity contribution in [3.05, 3.63) is 65.5 Å². The third kappa shape index (κ3) is 4.51. The first-order chi connectivity index (χ1) is 15.1. The lowest BCUT2D eigenvalue weighted by atomic mass is 10.1. The van der Waals surface area contributed by atoms with E-state index < -0.39 is 5.97 Å². The molecule has 2 aromatic carbocycles. The summed E-state index contributed by atoms with van der Waals surface area (Å²) in [7, 11) is 1.60. The lowest BCUT2D eigenvalue weighted by Gasteiger charge is -2.16. The second-order valence-electron chi connectivity index (χ2n) is 6.51. The van der Waals surface area contributed by atoms with Gasteiger partial charge >= 0.3 is 5.97 Å². The Hall–Kier alpha value is -3.46. The Labute approximate surface area is 182 Å². The maximum Gasteiger partial charge on any atom is 0.340 e. The Morgan fingerprint density at radius 1 is 1.16 bits per heavy atom. The van der Waals surface area contributed by atoms with Gasteiger partial charge in [-0.1, -0.05) is 23.9 Å². The SMILES string of the molecule is CCOC(=O)/C(=C/c1ccc(F)cc1)C1=Nn2c(nnc2-c2ccc(OC)cc2)SC1. The van der Waals surface area contributed by atoms with E-state index in [9.17, 15) is 9.18 Å². The number of rotatable bonds is 6. The molecule has 0 atom stereocenters. The van der Waals surface area contributed by atoms with Crippen LogP contribution in [0, 0.1) is 5.82 Å². The molecule has 0 aliphatic carbocycles. The van der Waals surface area contributed by atoms with Gasteiger partial charge in [0.2, 0.25) is 5.16 Å². The number of carbonyl (C=O) groups excluding carboxylic acids is 1. The molecule has 0 fully saturated rings. The van der Waals surface area contributed by atoms with Crippen molar-refractivity contribution < 1.29 is 18.7 Å². The highest BCUT2D eigenvalue weighted by Crippen LogP contribution is 2.30. The smallest absolute Gasteiger partial charge is 0.340 e. The number of halogens is 1. The van der Waals surface area contributed by atoms with E-state index in [2.05, 4.69) is 15.3 Å². The Balaban J connectivity index is 1.75. The van der Waals surface area contributed by atoms with E-state index in [1.807, 2.05) is 24.3 Å². The molecule has 0 saturated carbocycles. The third-order valence-electron chi connectivity index (χ3n) is 4.51. The summed E-state index contributed by atoms with van der Waals surface area (Å²) >= 11 is 1.42. The zero-order chi connectivity index (χ0) is 21.8. The van der Waals surface area contributed by atoms with E-state index in [1.165, 1.54) is 23.9 Å². The van der Waals surface area contributed by atoms with Gasteiger partial charge in [0, 0.05) is 11.3 Å². The molecule has 1 aliphatic heterocycles. The van der Waals surface area contributed by atoms with Crippen LogP contribution in [-0.2, 0) is 9.53 Å². The number of hydrogen-bond acceptors (Lipinski definition) is 7. The molecule has 9 heteroatoms. The van der Waals surface area contributed by atoms with Crippen molar-refractivity contribution in [2.45, 2.75) is 12.1 Å². The number of fused-ring (bicyclic) bond motifs is 1. The zero-order valence-corrected chi connectivity index (χ0v) is 17.7. The van der Waals surface area contributed by atoms with Gasteiger partial charge in [0.25, 0.3) is 0 Å². The van der Waals surface area contributed by atoms with Crippen LogP contribution in [0.1, 0.15) is 12.5 Å². The number of ether oxygens (including phenoxy) is 2. The topological polar surface area (TPSA) is 78.6 Å². The predicted octanol–water partition coefficient (Wildman–Crippen LogP) is 4.05. The Morgan fingerprint density at radius 2 is 1.90 bits per heavy atom. The standard InChI is InChI=1S/C22H19FN4O3S/c1-3-30-21(28)18(12-14-4-8-16(23)9-5-14)19-13-31-22-25-24-20(27(22)26-19)15-6-10-17(29-2)11-7-15/h4-12H,3,13H2,1-2H3/b18-12+. The molecular formula is C22H19FN4O3S. The van der Waals surface area contributed by atoms with Crippen molar-refractivity contribution in [1.29, 1.82) is 0 Å². The maximum atomic E-state index is 13.3. The molecule has 4 rings (SSSR count). The van der Waals surface area contributed by atoms with Crippen molar-refractivity contribution >= 4 is 29.5 Å². The number of nitrogens with zero attached hydrogens (tertiary/aromatic N) is 4. The van der Waals surface area contributed by atoms with Crippen LogP contribution in [0.2, 0.25) is 0 Å². The van der Waals surface area contributed by atoms with Crippen molar-refractivity contribution in [3.63, 3.8) is 0 Å². The molecule has 1 aliphatic rings. The van der Waals surface area contributed by atoms with Gasteiger partial charge in [-0.15, -0.1) is 10.2 Å². The molecule has 158 valence electrons. The zero-order valence-electron chi connectivity index (χ0n) is 16.9. The van der Waals surface area contributed by atoms with Crippen LogP contribution in [-0.4, -0.2) is 46.0 Å². The monoisotopic (exact) mass is 438 g/mol. The van der Waals surface area contributed by atoms with Crippen LogP contribution in [0.15, 0.2) is 64.4 Å². The fourth-order valence-electron chi connectivity index (χ4n) is 2.97. The van der Waals surface area contributed by atoms with Gasteiger partial charge in [-0.3, -0.25) is 0 Å². The van der Waals surface area contributed by atoms with E-state index in [0.717, 1.165) is 11.3 Å². The molecule has 2 heterocycles. The quantitative estimate of drug-likeness (QED) is 0.427. The summed E-state index contributed by atoms with van der Waals surface area (Å²) in [5, 5.41) is 13.7. The highest BCUT2D eigenvalue weighted by molar-refractivity contribution is 7.99. The van der Waals surface area contributed by atoms with E-state index in [-0.39, 0.29) is 12.4 Å². The van der Waals surface area contributed by atoms with Crippen molar-refractivity contribution in [1.82, 2.24) is 14.9 Å². The molecule has 0 amide bonds. The Kier molecular flexibility index (Phi) is 6.13. The summed E-state index contributed by atoms with van der Waals surface area (Å²) in [6.07, 6.45) is 1.65. The molecule has 1 aromatic heterocycles. The van der Waals surface area contributed by atoms with Crippen LogP contribution < -0.4 is 4.74 Å². The van der Waals surface area contributed by atoms with Crippen molar-refractivity contribution in [3.8, 4) is 17.1 Å². The molecule has 0 spiro atoms. The molecular weight excluding hydrogens is 419 g/mol. The third-order valence-corrected chi connectivity index (χ3v) is 5.44. The predicted molar refractivity (Wildman–Crippen MR) is 117 cm³/mol. The summed E-state index contributed by atoms with van der Waals surface area (Å²) in [5.74, 6) is 0.860. The molecule has 0 saturated heterocycles. The highest BCUT2D eigenvalue weighted by atomic mass is 32.2. The van der Waals surface area contributed by atoms with Gasteiger partial charge in [-0.2, -0.15) is 9.78 Å². The fourth-order valence-corrected chi connectivity index (χ4v) is 3.80. The Bertz CT molecular complexity index is 1150. The molecule has 0 unspecified atom stereocenters. The van der Waals surface area contributed by atoms with Gasteiger partial charge in [-0.05, 0) is 55.0 Å². The summed E-state index contributed by atoms with van der Waals surface area (Å²) in [4.78, 5) is 12.7. The van der Waals surface area contributed by atoms with E-state index in [4.69, 9.17) is 9.47 Å². The maximum absolute atomic E-state index is 13.3. The van der Waals surface area contributed by atoms with Crippen LogP contribution >= 0.6 is 11.8 Å². The van der Waals surface area contributed by atoms with Gasteiger partial charge in [0.05, 0.1) is 25.0 Å². The molecule has 0 bridgehead atoms. The lowest BCUT2D eigenvalue weighted by molar-refractivity contribution is -0.137. The summed E-state index contributed by atoms with van der Waals surface area (Å²) < 4.78 is 25.3. The molecule has 0 N–H and O–H groups in total. The molecule has 3 aromatic rings. The number of hydrogen-bond donors (Lipinski definition) is 0.